The fourth-order valence-electron chi connectivity index (χ4n) is 1.13. The van der Waals surface area contributed by atoms with Crippen LogP contribution >= 0.6 is 0 Å². The molecule has 2 amide bonds. The summed E-state index contributed by atoms with van der Waals surface area (Å²) in [6.45, 7) is 4.08. The van der Waals surface area contributed by atoms with E-state index in [4.69, 9.17) is 16.3 Å². The van der Waals surface area contributed by atoms with Gasteiger partial charge in [-0.05, 0) is 38.1 Å². The molecule has 0 unspecified atom stereocenters. The second-order valence-electron chi connectivity index (χ2n) is 4.22. The number of benzene rings is 2. The van der Waals surface area contributed by atoms with Crippen molar-refractivity contribution >= 4 is 17.4 Å². The molecule has 0 saturated heterocycles. The van der Waals surface area contributed by atoms with E-state index in [1.807, 2.05) is 62.4 Å². The molecule has 0 heterocycles. The van der Waals surface area contributed by atoms with Gasteiger partial charge in [-0.1, -0.05) is 35.4 Å². The minimum absolute atomic E-state index is 0.829. The first-order valence-electron chi connectivity index (χ1n) is 6.00. The van der Waals surface area contributed by atoms with Gasteiger partial charge in [0.25, 0.3) is 0 Å². The summed E-state index contributed by atoms with van der Waals surface area (Å²) in [6, 6.07) is 14.7. The zero-order valence-electron chi connectivity index (χ0n) is 11.8. The normalized spacial score (nSPS) is 8.50. The van der Waals surface area contributed by atoms with Crippen LogP contribution in [0.2, 0.25) is 0 Å². The van der Waals surface area contributed by atoms with Gasteiger partial charge in [-0.3, -0.25) is 0 Å². The number of aryl methyl sites for hydroxylation is 2. The Labute approximate surface area is 119 Å². The summed E-state index contributed by atoms with van der Waals surface area (Å²) >= 11 is 0. The zero-order valence-corrected chi connectivity index (χ0v) is 11.8. The maximum Gasteiger partial charge on any atom is 0.309 e. The summed E-state index contributed by atoms with van der Waals surface area (Å²) in [5, 5.41) is 0. The molecule has 2 aromatic carbocycles. The number of anilines is 2. The van der Waals surface area contributed by atoms with Crippen LogP contribution in [0.15, 0.2) is 48.5 Å². The summed E-state index contributed by atoms with van der Waals surface area (Å²) in [5.74, 6) is 0. The molecule has 2 rings (SSSR count). The van der Waals surface area contributed by atoms with Crippen LogP contribution in [-0.4, -0.2) is 6.03 Å². The third-order valence-corrected chi connectivity index (χ3v) is 2.15. The minimum atomic E-state index is -0.833. The molecule has 8 N–H and O–H groups in total. The SMILES string of the molecule is Cc1ccc(N)cc1.Cc1ccc(N)cc1.NC(N)=O. The van der Waals surface area contributed by atoms with Gasteiger partial charge < -0.3 is 22.9 Å². The lowest BCUT2D eigenvalue weighted by Crippen LogP contribution is -2.18. The molecule has 0 aliphatic carbocycles. The van der Waals surface area contributed by atoms with Crippen molar-refractivity contribution in [1.29, 1.82) is 0 Å². The van der Waals surface area contributed by atoms with Crippen LogP contribution in [-0.2, 0) is 0 Å². The second-order valence-corrected chi connectivity index (χ2v) is 4.22. The van der Waals surface area contributed by atoms with E-state index in [1.165, 1.54) is 11.1 Å². The van der Waals surface area contributed by atoms with Gasteiger partial charge in [-0.15, -0.1) is 0 Å². The van der Waals surface area contributed by atoms with Gasteiger partial charge in [-0.25, -0.2) is 4.79 Å². The average molecular weight is 274 g/mol. The number of urea groups is 1. The monoisotopic (exact) mass is 274 g/mol. The smallest absolute Gasteiger partial charge is 0.309 e. The molecule has 0 radical (unpaired) electrons. The molecule has 0 aliphatic rings. The predicted octanol–water partition coefficient (Wildman–Crippen LogP) is 2.18. The number of amides is 2. The largest absolute Gasteiger partial charge is 0.399 e. The topological polar surface area (TPSA) is 121 Å². The molecule has 5 heteroatoms. The van der Waals surface area contributed by atoms with Gasteiger partial charge in [-0.2, -0.15) is 0 Å². The van der Waals surface area contributed by atoms with Gasteiger partial charge in [0.2, 0.25) is 0 Å². The molecule has 0 atom stereocenters. The van der Waals surface area contributed by atoms with Crippen molar-refractivity contribution in [1.82, 2.24) is 0 Å². The molecule has 0 aromatic heterocycles. The van der Waals surface area contributed by atoms with Crippen LogP contribution < -0.4 is 22.9 Å². The predicted molar refractivity (Wildman–Crippen MR) is 85.0 cm³/mol. The Hall–Kier alpha value is -2.69. The van der Waals surface area contributed by atoms with E-state index >= 15 is 0 Å². The first kappa shape index (κ1) is 17.3. The summed E-state index contributed by atoms with van der Waals surface area (Å²) in [6.07, 6.45) is 0. The molecular weight excluding hydrogens is 252 g/mol. The van der Waals surface area contributed by atoms with E-state index in [9.17, 15) is 0 Å². The van der Waals surface area contributed by atoms with Crippen LogP contribution in [0.1, 0.15) is 11.1 Å². The highest BCUT2D eigenvalue weighted by atomic mass is 16.2. The van der Waals surface area contributed by atoms with E-state index in [0.717, 1.165) is 11.4 Å². The van der Waals surface area contributed by atoms with Gasteiger partial charge >= 0.3 is 6.03 Å². The highest BCUT2D eigenvalue weighted by molar-refractivity contribution is 5.69. The van der Waals surface area contributed by atoms with Gasteiger partial charge in [0.1, 0.15) is 0 Å². The highest BCUT2D eigenvalue weighted by Crippen LogP contribution is 2.02. The van der Waals surface area contributed by atoms with E-state index in [-0.39, 0.29) is 0 Å². The number of nitrogens with two attached hydrogens (primary N) is 4. The average Bonchev–Trinajstić information content (AvgIpc) is 2.37. The van der Waals surface area contributed by atoms with E-state index in [1.54, 1.807) is 0 Å². The molecule has 5 nitrogen and oxygen atoms in total. The Morgan fingerprint density at radius 2 is 0.900 bits per heavy atom. The van der Waals surface area contributed by atoms with Crippen molar-refractivity contribution in [2.45, 2.75) is 13.8 Å². The number of hydrogen-bond donors (Lipinski definition) is 4. The van der Waals surface area contributed by atoms with Gasteiger partial charge in [0.15, 0.2) is 0 Å². The van der Waals surface area contributed by atoms with Gasteiger partial charge in [0.05, 0.1) is 0 Å². The summed E-state index contributed by atoms with van der Waals surface area (Å²) in [7, 11) is 0. The summed E-state index contributed by atoms with van der Waals surface area (Å²) < 4.78 is 0. The standard InChI is InChI=1S/2C7H9N.CH4N2O/c2*1-6-2-4-7(8)5-3-6;2-1(3)4/h2*2-5H,8H2,1H3;(H4,2,3,4). The van der Waals surface area contributed by atoms with Crippen LogP contribution in [0.3, 0.4) is 0 Å². The number of rotatable bonds is 0. The van der Waals surface area contributed by atoms with Crippen molar-refractivity contribution in [3.05, 3.63) is 59.7 Å². The minimum Gasteiger partial charge on any atom is -0.399 e. The summed E-state index contributed by atoms with van der Waals surface area (Å²) in [5.41, 5.74) is 23.5. The highest BCUT2D eigenvalue weighted by Gasteiger charge is 1.81. The Morgan fingerprint density at radius 3 is 1.05 bits per heavy atom. The Morgan fingerprint density at radius 1 is 0.700 bits per heavy atom. The molecule has 0 saturated carbocycles. The lowest BCUT2D eigenvalue weighted by Gasteiger charge is -1.90. The molecule has 108 valence electrons. The molecule has 0 spiro atoms. The number of nitrogen functional groups attached to an aromatic ring is 2. The van der Waals surface area contributed by atoms with E-state index < -0.39 is 6.03 Å². The third kappa shape index (κ3) is 10.5. The van der Waals surface area contributed by atoms with Crippen LogP contribution in [0.25, 0.3) is 0 Å². The van der Waals surface area contributed by atoms with Crippen molar-refractivity contribution in [2.75, 3.05) is 11.5 Å². The fraction of sp³-hybridized carbons (Fsp3) is 0.133. The quantitative estimate of drug-likeness (QED) is 0.551. The first-order valence-corrected chi connectivity index (χ1v) is 6.00. The molecular formula is C15H22N4O. The lowest BCUT2D eigenvalue weighted by atomic mass is 10.2. The van der Waals surface area contributed by atoms with Crippen LogP contribution in [0.4, 0.5) is 16.2 Å². The molecule has 2 aromatic rings. The molecule has 0 bridgehead atoms. The van der Waals surface area contributed by atoms with Gasteiger partial charge in [0, 0.05) is 11.4 Å². The Bertz CT molecular complexity index is 417. The second kappa shape index (κ2) is 9.27. The third-order valence-electron chi connectivity index (χ3n) is 2.15. The van der Waals surface area contributed by atoms with Crippen molar-refractivity contribution in [3.63, 3.8) is 0 Å². The maximum atomic E-state index is 9.00. The maximum absolute atomic E-state index is 9.00. The molecule has 20 heavy (non-hydrogen) atoms. The molecule has 0 aliphatic heterocycles. The lowest BCUT2D eigenvalue weighted by molar-refractivity contribution is 0.256. The molecule has 0 fully saturated rings. The zero-order chi connectivity index (χ0) is 15.5. The number of carbonyl (C=O) groups is 1. The van der Waals surface area contributed by atoms with Crippen LogP contribution in [0, 0.1) is 13.8 Å². The van der Waals surface area contributed by atoms with E-state index in [2.05, 4.69) is 11.5 Å². The summed E-state index contributed by atoms with van der Waals surface area (Å²) in [4.78, 5) is 9.00. The van der Waals surface area contributed by atoms with Crippen LogP contribution in [0.5, 0.6) is 0 Å². The number of primary amides is 2. The fourth-order valence-corrected chi connectivity index (χ4v) is 1.13. The Kier molecular flexibility index (Phi) is 8.02. The number of hydrogen-bond acceptors (Lipinski definition) is 3. The van der Waals surface area contributed by atoms with Crippen molar-refractivity contribution < 1.29 is 4.79 Å². The van der Waals surface area contributed by atoms with Crippen molar-refractivity contribution in [2.24, 2.45) is 11.5 Å². The number of carbonyl (C=O) groups excluding carboxylic acids is 1. The first-order chi connectivity index (χ1) is 9.31. The Balaban J connectivity index is 0.000000289. The van der Waals surface area contributed by atoms with Crippen molar-refractivity contribution in [3.8, 4) is 0 Å². The van der Waals surface area contributed by atoms with E-state index in [0.29, 0.717) is 0 Å².